The second-order valence-corrected chi connectivity index (χ2v) is 7.43. The van der Waals surface area contributed by atoms with Crippen LogP contribution < -0.4 is 4.74 Å². The average Bonchev–Trinajstić information content (AvgIpc) is 2.84. The molecule has 0 aliphatic heterocycles. The number of carbonyl (C=O) groups is 1. The molecule has 9 heteroatoms. The van der Waals surface area contributed by atoms with Crippen LogP contribution >= 0.6 is 47.8 Å². The van der Waals surface area contributed by atoms with Crippen molar-refractivity contribution in [3.8, 4) is 11.5 Å². The molecular formula is C16H11Br3N2O4. The third-order valence-electron chi connectivity index (χ3n) is 3.73. The lowest BCUT2D eigenvalue weighted by molar-refractivity contribution is 0.0687. The average molecular weight is 535 g/mol. The zero-order chi connectivity index (χ0) is 18.3. The van der Waals surface area contributed by atoms with Crippen LogP contribution in [0.5, 0.6) is 11.5 Å². The fraction of sp³-hybridized carbons (Fsp3) is 0.125. The quantitative estimate of drug-likeness (QED) is 0.470. The SMILES string of the molecule is COc1ccccc1Cn1c(Br)c(Br)c2c(O)c(C(=O)O)nc(Br)c21. The van der Waals surface area contributed by atoms with Crippen LogP contribution in [0.1, 0.15) is 16.1 Å². The second-order valence-electron chi connectivity index (χ2n) is 5.13. The molecular weight excluding hydrogens is 524 g/mol. The Morgan fingerprint density at radius 1 is 1.28 bits per heavy atom. The number of ether oxygens (including phenoxy) is 1. The van der Waals surface area contributed by atoms with Crippen LogP contribution in [-0.2, 0) is 6.54 Å². The third kappa shape index (κ3) is 3.04. The number of benzene rings is 1. The summed E-state index contributed by atoms with van der Waals surface area (Å²) in [6.07, 6.45) is 0. The fourth-order valence-corrected chi connectivity index (χ4v) is 4.29. The molecule has 0 amide bonds. The number of hydrogen-bond donors (Lipinski definition) is 2. The normalized spacial score (nSPS) is 11.0. The van der Waals surface area contributed by atoms with E-state index in [0.29, 0.717) is 31.1 Å². The Hall–Kier alpha value is -1.58. The maximum atomic E-state index is 11.3. The number of carboxylic acids is 1. The highest BCUT2D eigenvalue weighted by Crippen LogP contribution is 2.44. The summed E-state index contributed by atoms with van der Waals surface area (Å²) >= 11 is 10.2. The lowest BCUT2D eigenvalue weighted by Crippen LogP contribution is -2.05. The van der Waals surface area contributed by atoms with Crippen molar-refractivity contribution in [1.29, 1.82) is 0 Å². The lowest BCUT2D eigenvalue weighted by Gasteiger charge is -2.12. The van der Waals surface area contributed by atoms with Gasteiger partial charge in [0.05, 0.1) is 29.0 Å². The minimum Gasteiger partial charge on any atom is -0.505 e. The summed E-state index contributed by atoms with van der Waals surface area (Å²) in [5.41, 5.74) is 1.07. The topological polar surface area (TPSA) is 84.6 Å². The molecule has 6 nitrogen and oxygen atoms in total. The Morgan fingerprint density at radius 2 is 1.96 bits per heavy atom. The van der Waals surface area contributed by atoms with E-state index in [0.717, 1.165) is 11.3 Å². The first-order chi connectivity index (χ1) is 11.9. The van der Waals surface area contributed by atoms with Gasteiger partial charge >= 0.3 is 5.97 Å². The van der Waals surface area contributed by atoms with E-state index in [2.05, 4.69) is 52.8 Å². The predicted octanol–water partition coefficient (Wildman–Crippen LogP) is 4.78. The standard InChI is InChI=1S/C16H11Br3N2O4/c1-25-8-5-3-2-4-7(8)6-21-12-9(10(17)15(21)19)13(22)11(16(23)24)20-14(12)18/h2-5,22H,6H2,1H3,(H,23,24). The number of fused-ring (bicyclic) bond motifs is 1. The van der Waals surface area contributed by atoms with Crippen molar-refractivity contribution < 1.29 is 19.7 Å². The Kier molecular flexibility index (Phi) is 5.08. The molecule has 0 unspecified atom stereocenters. The molecule has 0 saturated heterocycles. The molecule has 2 aromatic heterocycles. The maximum absolute atomic E-state index is 11.3. The number of aromatic hydroxyl groups is 1. The Balaban J connectivity index is 2.28. The van der Waals surface area contributed by atoms with Crippen molar-refractivity contribution in [2.45, 2.75) is 6.54 Å². The molecule has 25 heavy (non-hydrogen) atoms. The van der Waals surface area contributed by atoms with Crippen molar-refractivity contribution >= 4 is 64.7 Å². The Labute approximate surface area is 167 Å². The highest BCUT2D eigenvalue weighted by molar-refractivity contribution is 9.13. The number of rotatable bonds is 4. The molecule has 0 spiro atoms. The Bertz CT molecular complexity index is 1000. The van der Waals surface area contributed by atoms with Crippen LogP contribution in [0.2, 0.25) is 0 Å². The van der Waals surface area contributed by atoms with Crippen LogP contribution in [0.15, 0.2) is 37.9 Å². The highest BCUT2D eigenvalue weighted by Gasteiger charge is 2.25. The summed E-state index contributed by atoms with van der Waals surface area (Å²) in [6.45, 7) is 0.429. The van der Waals surface area contributed by atoms with Gasteiger partial charge in [-0.2, -0.15) is 0 Å². The summed E-state index contributed by atoms with van der Waals surface area (Å²) in [4.78, 5) is 15.3. The van der Waals surface area contributed by atoms with Crippen LogP contribution in [0.25, 0.3) is 10.9 Å². The van der Waals surface area contributed by atoms with Gasteiger partial charge in [-0.05, 0) is 53.9 Å². The fourth-order valence-electron chi connectivity index (χ4n) is 2.61. The van der Waals surface area contributed by atoms with E-state index in [4.69, 9.17) is 4.74 Å². The van der Waals surface area contributed by atoms with E-state index in [-0.39, 0.29) is 0 Å². The zero-order valence-corrected chi connectivity index (χ0v) is 17.5. The summed E-state index contributed by atoms with van der Waals surface area (Å²) in [6, 6.07) is 7.57. The van der Waals surface area contributed by atoms with Crippen LogP contribution in [0.3, 0.4) is 0 Å². The first-order valence-electron chi connectivity index (χ1n) is 6.97. The number of hydrogen-bond acceptors (Lipinski definition) is 4. The molecule has 3 rings (SSSR count). The van der Waals surface area contributed by atoms with Gasteiger partial charge in [-0.3, -0.25) is 0 Å². The first-order valence-corrected chi connectivity index (χ1v) is 9.35. The van der Waals surface area contributed by atoms with Crippen molar-refractivity contribution in [1.82, 2.24) is 9.55 Å². The molecule has 0 atom stereocenters. The lowest BCUT2D eigenvalue weighted by atomic mass is 10.2. The molecule has 0 bridgehead atoms. The van der Waals surface area contributed by atoms with Gasteiger partial charge in [-0.1, -0.05) is 18.2 Å². The number of pyridine rings is 1. The van der Waals surface area contributed by atoms with E-state index in [1.54, 1.807) is 7.11 Å². The first kappa shape index (κ1) is 18.2. The summed E-state index contributed by atoms with van der Waals surface area (Å²) in [5.74, 6) is -0.972. The molecule has 0 radical (unpaired) electrons. The van der Waals surface area contributed by atoms with Gasteiger partial charge in [0.2, 0.25) is 0 Å². The van der Waals surface area contributed by atoms with E-state index in [1.807, 2.05) is 28.8 Å². The van der Waals surface area contributed by atoms with Gasteiger partial charge in [-0.15, -0.1) is 0 Å². The number of aromatic nitrogens is 2. The molecule has 2 N–H and O–H groups in total. The third-order valence-corrected chi connectivity index (χ3v) is 6.42. The summed E-state index contributed by atoms with van der Waals surface area (Å²) < 4.78 is 8.75. The maximum Gasteiger partial charge on any atom is 0.358 e. The second kappa shape index (κ2) is 6.97. The van der Waals surface area contributed by atoms with E-state index < -0.39 is 17.4 Å². The number of para-hydroxylation sites is 1. The number of aromatic carboxylic acids is 1. The van der Waals surface area contributed by atoms with Gasteiger partial charge in [-0.25, -0.2) is 9.78 Å². The van der Waals surface area contributed by atoms with Crippen LogP contribution in [0.4, 0.5) is 0 Å². The van der Waals surface area contributed by atoms with Crippen molar-refractivity contribution in [2.24, 2.45) is 0 Å². The minimum atomic E-state index is -1.30. The summed E-state index contributed by atoms with van der Waals surface area (Å²) in [5, 5.41) is 20.0. The van der Waals surface area contributed by atoms with Gasteiger partial charge in [0, 0.05) is 5.56 Å². The van der Waals surface area contributed by atoms with E-state index >= 15 is 0 Å². The number of carboxylic acid groups (broad SMARTS) is 1. The smallest absolute Gasteiger partial charge is 0.358 e. The van der Waals surface area contributed by atoms with E-state index in [9.17, 15) is 15.0 Å². The van der Waals surface area contributed by atoms with Crippen LogP contribution in [-0.4, -0.2) is 32.8 Å². The van der Waals surface area contributed by atoms with Crippen molar-refractivity contribution in [2.75, 3.05) is 7.11 Å². The number of nitrogens with zero attached hydrogens (tertiary/aromatic N) is 2. The molecule has 0 saturated carbocycles. The monoisotopic (exact) mass is 532 g/mol. The molecule has 130 valence electrons. The predicted molar refractivity (Wildman–Crippen MR) is 104 cm³/mol. The highest BCUT2D eigenvalue weighted by atomic mass is 79.9. The summed E-state index contributed by atoms with van der Waals surface area (Å²) in [7, 11) is 1.60. The van der Waals surface area contributed by atoms with Gasteiger partial charge in [0.1, 0.15) is 15.0 Å². The molecule has 0 fully saturated rings. The Morgan fingerprint density at radius 3 is 2.60 bits per heavy atom. The van der Waals surface area contributed by atoms with Gasteiger partial charge in [0.25, 0.3) is 0 Å². The largest absolute Gasteiger partial charge is 0.505 e. The molecule has 0 aliphatic carbocycles. The van der Waals surface area contributed by atoms with Crippen LogP contribution in [0, 0.1) is 0 Å². The van der Waals surface area contributed by atoms with Gasteiger partial charge in [0.15, 0.2) is 11.4 Å². The molecule has 3 aromatic rings. The van der Waals surface area contributed by atoms with Gasteiger partial charge < -0.3 is 19.5 Å². The molecule has 1 aromatic carbocycles. The van der Waals surface area contributed by atoms with Crippen molar-refractivity contribution in [3.63, 3.8) is 0 Å². The molecule has 0 aliphatic rings. The van der Waals surface area contributed by atoms with E-state index in [1.165, 1.54) is 0 Å². The zero-order valence-electron chi connectivity index (χ0n) is 12.8. The number of halogens is 3. The number of methoxy groups -OCH3 is 1. The minimum absolute atomic E-state index is 0.319. The molecule has 2 heterocycles. The van der Waals surface area contributed by atoms with Crippen molar-refractivity contribution in [3.05, 3.63) is 49.2 Å².